The number of likely N-dealkylation sites (N-methyl/N-ethyl adjacent to an activating group) is 1. The summed E-state index contributed by atoms with van der Waals surface area (Å²) >= 11 is 0. The van der Waals surface area contributed by atoms with Gasteiger partial charge >= 0.3 is 6.18 Å². The van der Waals surface area contributed by atoms with Crippen LogP contribution < -0.4 is 10.6 Å². The van der Waals surface area contributed by atoms with E-state index in [9.17, 15) is 18.0 Å². The third-order valence-electron chi connectivity index (χ3n) is 5.19. The first-order chi connectivity index (χ1) is 13.9. The van der Waals surface area contributed by atoms with Crippen molar-refractivity contribution in [1.82, 2.24) is 15.5 Å². The molecule has 0 unspecified atom stereocenters. The van der Waals surface area contributed by atoms with Crippen LogP contribution in [0.15, 0.2) is 54.6 Å². The minimum absolute atomic E-state index is 0.0385. The minimum atomic E-state index is -4.38. The second-order valence-corrected chi connectivity index (χ2v) is 7.29. The highest BCUT2D eigenvalue weighted by molar-refractivity contribution is 5.82. The number of alkyl halides is 3. The van der Waals surface area contributed by atoms with E-state index in [2.05, 4.69) is 15.5 Å². The van der Waals surface area contributed by atoms with Crippen LogP contribution >= 0.6 is 0 Å². The predicted molar refractivity (Wildman–Crippen MR) is 106 cm³/mol. The molecule has 156 valence electrons. The maximum atomic E-state index is 13.2. The van der Waals surface area contributed by atoms with Gasteiger partial charge in [-0.1, -0.05) is 48.5 Å². The van der Waals surface area contributed by atoms with Gasteiger partial charge in [0.15, 0.2) is 0 Å². The molecule has 2 aromatic rings. The van der Waals surface area contributed by atoms with Crippen molar-refractivity contribution in [3.8, 4) is 0 Å². The summed E-state index contributed by atoms with van der Waals surface area (Å²) in [6.45, 7) is 3.76. The summed E-state index contributed by atoms with van der Waals surface area (Å²) in [6, 6.07) is 15.1. The number of rotatable bonds is 7. The van der Waals surface area contributed by atoms with Crippen LogP contribution in [-0.2, 0) is 24.1 Å². The number of nitrogens with zero attached hydrogens (tertiary/aromatic N) is 1. The highest BCUT2D eigenvalue weighted by Crippen LogP contribution is 2.32. The van der Waals surface area contributed by atoms with Crippen LogP contribution in [0.2, 0.25) is 0 Å². The van der Waals surface area contributed by atoms with Crippen molar-refractivity contribution in [2.75, 3.05) is 13.1 Å². The van der Waals surface area contributed by atoms with E-state index >= 15 is 0 Å². The van der Waals surface area contributed by atoms with Gasteiger partial charge < -0.3 is 10.6 Å². The van der Waals surface area contributed by atoms with Crippen LogP contribution in [0.1, 0.15) is 30.0 Å². The van der Waals surface area contributed by atoms with E-state index in [1.165, 1.54) is 12.1 Å². The lowest BCUT2D eigenvalue weighted by molar-refractivity contribution is -0.138. The monoisotopic (exact) mass is 405 g/mol. The number of benzene rings is 2. The van der Waals surface area contributed by atoms with Gasteiger partial charge in [-0.15, -0.1) is 0 Å². The number of hydrogen-bond donors (Lipinski definition) is 2. The van der Waals surface area contributed by atoms with Crippen molar-refractivity contribution in [2.45, 2.75) is 44.7 Å². The summed E-state index contributed by atoms with van der Waals surface area (Å²) in [5.41, 5.74) is 0.702. The van der Waals surface area contributed by atoms with E-state index in [-0.39, 0.29) is 30.1 Å². The molecule has 1 aliphatic heterocycles. The van der Waals surface area contributed by atoms with Gasteiger partial charge in [-0.25, -0.2) is 0 Å². The lowest BCUT2D eigenvalue weighted by Gasteiger charge is -2.23. The Labute approximate surface area is 169 Å². The summed E-state index contributed by atoms with van der Waals surface area (Å²) in [6.07, 6.45) is -3.82. The highest BCUT2D eigenvalue weighted by Gasteiger charge is 2.37. The van der Waals surface area contributed by atoms with E-state index in [0.717, 1.165) is 11.6 Å². The number of amides is 1. The molecule has 2 N–H and O–H groups in total. The van der Waals surface area contributed by atoms with Crippen molar-refractivity contribution in [1.29, 1.82) is 0 Å². The summed E-state index contributed by atoms with van der Waals surface area (Å²) in [5.74, 6) is -0.0385. The molecule has 1 amide bonds. The van der Waals surface area contributed by atoms with Crippen molar-refractivity contribution in [2.24, 2.45) is 0 Å². The molecule has 4 nitrogen and oxygen atoms in total. The Morgan fingerprint density at radius 3 is 2.48 bits per heavy atom. The fourth-order valence-electron chi connectivity index (χ4n) is 3.81. The Bertz CT molecular complexity index is 810. The fourth-order valence-corrected chi connectivity index (χ4v) is 3.81. The Kier molecular flexibility index (Phi) is 6.92. The van der Waals surface area contributed by atoms with E-state index in [0.29, 0.717) is 26.1 Å². The zero-order valence-corrected chi connectivity index (χ0v) is 16.4. The molecule has 2 aromatic carbocycles. The third kappa shape index (κ3) is 5.58. The average Bonchev–Trinajstić information content (AvgIpc) is 3.10. The average molecular weight is 405 g/mol. The molecule has 29 heavy (non-hydrogen) atoms. The number of carbonyl (C=O) groups excluding carboxylic acids is 1. The van der Waals surface area contributed by atoms with Crippen LogP contribution in [0, 0.1) is 0 Å². The molecule has 1 fully saturated rings. The van der Waals surface area contributed by atoms with Crippen molar-refractivity contribution in [3.05, 3.63) is 71.3 Å². The molecule has 3 rings (SSSR count). The van der Waals surface area contributed by atoms with Crippen molar-refractivity contribution in [3.63, 3.8) is 0 Å². The van der Waals surface area contributed by atoms with Crippen molar-refractivity contribution < 1.29 is 18.0 Å². The lowest BCUT2D eigenvalue weighted by atomic mass is 10.1. The van der Waals surface area contributed by atoms with Gasteiger partial charge in [-0.05, 0) is 30.5 Å². The van der Waals surface area contributed by atoms with Gasteiger partial charge in [-0.2, -0.15) is 13.2 Å². The van der Waals surface area contributed by atoms with Crippen LogP contribution in [0.3, 0.4) is 0 Å². The summed E-state index contributed by atoms with van der Waals surface area (Å²) in [4.78, 5) is 14.6. The Morgan fingerprint density at radius 2 is 1.79 bits per heavy atom. The first-order valence-corrected chi connectivity index (χ1v) is 9.82. The van der Waals surface area contributed by atoms with Crippen LogP contribution in [-0.4, -0.2) is 36.0 Å². The molecule has 0 radical (unpaired) electrons. The zero-order chi connectivity index (χ0) is 20.9. The summed E-state index contributed by atoms with van der Waals surface area (Å²) < 4.78 is 39.7. The first-order valence-electron chi connectivity index (χ1n) is 9.82. The van der Waals surface area contributed by atoms with Gasteiger partial charge in [-0.3, -0.25) is 9.69 Å². The van der Waals surface area contributed by atoms with Crippen LogP contribution in [0.5, 0.6) is 0 Å². The van der Waals surface area contributed by atoms with Gasteiger partial charge in [0.05, 0.1) is 11.6 Å². The summed E-state index contributed by atoms with van der Waals surface area (Å²) in [5, 5.41) is 6.10. The first kappa shape index (κ1) is 21.3. The smallest absolute Gasteiger partial charge is 0.355 e. The number of carbonyl (C=O) groups is 1. The molecule has 0 saturated carbocycles. The highest BCUT2D eigenvalue weighted by atomic mass is 19.4. The summed E-state index contributed by atoms with van der Waals surface area (Å²) in [7, 11) is 0. The topological polar surface area (TPSA) is 44.4 Å². The number of nitrogens with one attached hydrogen (secondary N) is 2. The molecule has 0 bridgehead atoms. The predicted octanol–water partition coefficient (Wildman–Crippen LogP) is 3.57. The second kappa shape index (κ2) is 9.41. The SMILES string of the molecule is CCNC(=O)[C@@H]1C[C@H](NCc2ccccc2C(F)(F)F)CN1Cc1ccccc1. The van der Waals surface area contributed by atoms with Crippen LogP contribution in [0.25, 0.3) is 0 Å². The minimum Gasteiger partial charge on any atom is -0.355 e. The van der Waals surface area contributed by atoms with E-state index in [1.807, 2.05) is 37.3 Å². The Morgan fingerprint density at radius 1 is 1.10 bits per heavy atom. The normalized spacial score (nSPS) is 20.0. The van der Waals surface area contributed by atoms with Gasteiger partial charge in [0.1, 0.15) is 0 Å². The van der Waals surface area contributed by atoms with Gasteiger partial charge in [0.25, 0.3) is 0 Å². The zero-order valence-electron chi connectivity index (χ0n) is 16.4. The molecule has 2 atom stereocenters. The Hall–Kier alpha value is -2.38. The quantitative estimate of drug-likeness (QED) is 0.740. The molecular formula is C22H26F3N3O. The third-order valence-corrected chi connectivity index (χ3v) is 5.19. The largest absolute Gasteiger partial charge is 0.416 e. The molecule has 1 heterocycles. The van der Waals surface area contributed by atoms with Crippen LogP contribution in [0.4, 0.5) is 13.2 Å². The molecule has 7 heteroatoms. The number of halogens is 3. The molecule has 0 aromatic heterocycles. The van der Waals surface area contributed by atoms with Gasteiger partial charge in [0.2, 0.25) is 5.91 Å². The van der Waals surface area contributed by atoms with E-state index in [1.54, 1.807) is 6.07 Å². The molecule has 0 spiro atoms. The number of likely N-dealkylation sites (tertiary alicyclic amines) is 1. The lowest BCUT2D eigenvalue weighted by Crippen LogP contribution is -2.42. The molecular weight excluding hydrogens is 379 g/mol. The van der Waals surface area contributed by atoms with E-state index in [4.69, 9.17) is 0 Å². The maximum absolute atomic E-state index is 13.2. The number of hydrogen-bond acceptors (Lipinski definition) is 3. The Balaban J connectivity index is 1.68. The fraction of sp³-hybridized carbons (Fsp3) is 0.409. The van der Waals surface area contributed by atoms with Crippen molar-refractivity contribution >= 4 is 5.91 Å². The maximum Gasteiger partial charge on any atom is 0.416 e. The van der Waals surface area contributed by atoms with Gasteiger partial charge in [0, 0.05) is 32.2 Å². The van der Waals surface area contributed by atoms with E-state index < -0.39 is 11.7 Å². The second-order valence-electron chi connectivity index (χ2n) is 7.29. The standard InChI is InChI=1S/C22H26F3N3O/c1-2-26-21(29)20-12-18(15-28(20)14-16-8-4-3-5-9-16)27-13-17-10-6-7-11-19(17)22(23,24)25/h3-11,18,20,27H,2,12-15H2,1H3,(H,26,29)/t18-,20-/m0/s1. The molecule has 0 aliphatic carbocycles. The molecule has 1 aliphatic rings. The molecule has 1 saturated heterocycles.